The molecular formula is C21H20IN7O. The highest BCUT2D eigenvalue weighted by atomic mass is 127. The average molecular weight is 513 g/mol. The fraction of sp³-hybridized carbons (Fsp3) is 0.238. The van der Waals surface area contributed by atoms with Crippen LogP contribution < -0.4 is 4.90 Å². The van der Waals surface area contributed by atoms with Gasteiger partial charge in [-0.25, -0.2) is 4.98 Å². The normalized spacial score (nSPS) is 16.7. The summed E-state index contributed by atoms with van der Waals surface area (Å²) >= 11 is 2.32. The van der Waals surface area contributed by atoms with Gasteiger partial charge < -0.3 is 14.2 Å². The Morgan fingerprint density at radius 1 is 1.13 bits per heavy atom. The van der Waals surface area contributed by atoms with E-state index in [-0.39, 0.29) is 6.04 Å². The second-order valence-electron chi connectivity index (χ2n) is 7.09. The van der Waals surface area contributed by atoms with Gasteiger partial charge in [-0.15, -0.1) is 10.2 Å². The predicted octanol–water partition coefficient (Wildman–Crippen LogP) is 3.25. The molecule has 1 aliphatic heterocycles. The molecule has 3 aromatic heterocycles. The van der Waals surface area contributed by atoms with E-state index < -0.39 is 0 Å². The zero-order chi connectivity index (χ0) is 20.5. The molecule has 0 radical (unpaired) electrons. The SMILES string of the molecule is Cn1c(-c2ccncc2)nnc1N1CCOCC1c1cn(-c2cccc(I)c2)cn1. The molecule has 4 heterocycles. The summed E-state index contributed by atoms with van der Waals surface area (Å²) in [7, 11) is 1.99. The minimum atomic E-state index is -0.0315. The number of pyridine rings is 1. The van der Waals surface area contributed by atoms with Crippen molar-refractivity contribution < 1.29 is 4.74 Å². The summed E-state index contributed by atoms with van der Waals surface area (Å²) in [5.41, 5.74) is 3.02. The maximum absolute atomic E-state index is 5.80. The van der Waals surface area contributed by atoms with Gasteiger partial charge in [-0.05, 0) is 52.9 Å². The molecule has 1 fully saturated rings. The first-order valence-electron chi connectivity index (χ1n) is 9.65. The zero-order valence-corrected chi connectivity index (χ0v) is 18.5. The summed E-state index contributed by atoms with van der Waals surface area (Å²) in [5.74, 6) is 1.61. The lowest BCUT2D eigenvalue weighted by atomic mass is 10.2. The lowest BCUT2D eigenvalue weighted by Gasteiger charge is -2.35. The number of ether oxygens (including phenoxy) is 1. The summed E-state index contributed by atoms with van der Waals surface area (Å²) < 4.78 is 11.0. The minimum Gasteiger partial charge on any atom is -0.377 e. The molecule has 1 saturated heterocycles. The fourth-order valence-corrected chi connectivity index (χ4v) is 4.23. The fourth-order valence-electron chi connectivity index (χ4n) is 3.70. The Labute approximate surface area is 187 Å². The van der Waals surface area contributed by atoms with Crippen LogP contribution in [0.2, 0.25) is 0 Å². The molecule has 0 saturated carbocycles. The van der Waals surface area contributed by atoms with Crippen LogP contribution >= 0.6 is 22.6 Å². The van der Waals surface area contributed by atoms with Crippen molar-refractivity contribution in [2.24, 2.45) is 7.05 Å². The Kier molecular flexibility index (Phi) is 5.21. The van der Waals surface area contributed by atoms with Crippen LogP contribution in [0.25, 0.3) is 17.1 Å². The molecule has 1 aromatic carbocycles. The number of imidazole rings is 1. The van der Waals surface area contributed by atoms with Crippen LogP contribution in [0, 0.1) is 3.57 Å². The van der Waals surface area contributed by atoms with Crippen LogP contribution in [-0.4, -0.2) is 49.1 Å². The molecule has 9 heteroatoms. The molecule has 1 unspecified atom stereocenters. The van der Waals surface area contributed by atoms with Crippen molar-refractivity contribution in [3.05, 3.63) is 70.6 Å². The second-order valence-corrected chi connectivity index (χ2v) is 8.33. The van der Waals surface area contributed by atoms with Crippen molar-refractivity contribution in [3.8, 4) is 17.1 Å². The molecular weight excluding hydrogens is 493 g/mol. The molecule has 5 rings (SSSR count). The van der Waals surface area contributed by atoms with E-state index in [1.165, 1.54) is 3.57 Å². The summed E-state index contributed by atoms with van der Waals surface area (Å²) in [4.78, 5) is 11.0. The molecule has 1 aliphatic rings. The number of hydrogen-bond acceptors (Lipinski definition) is 6. The van der Waals surface area contributed by atoms with Gasteiger partial charge in [-0.3, -0.25) is 9.55 Å². The first-order valence-corrected chi connectivity index (χ1v) is 10.7. The Balaban J connectivity index is 1.47. The van der Waals surface area contributed by atoms with Crippen LogP contribution in [0.5, 0.6) is 0 Å². The van der Waals surface area contributed by atoms with Crippen LogP contribution in [0.3, 0.4) is 0 Å². The smallest absolute Gasteiger partial charge is 0.227 e. The summed E-state index contributed by atoms with van der Waals surface area (Å²) in [6.45, 7) is 1.93. The second kappa shape index (κ2) is 8.15. The van der Waals surface area contributed by atoms with Crippen molar-refractivity contribution in [1.82, 2.24) is 29.3 Å². The highest BCUT2D eigenvalue weighted by Gasteiger charge is 2.30. The average Bonchev–Trinajstić information content (AvgIpc) is 3.42. The quantitative estimate of drug-likeness (QED) is 0.391. The van der Waals surface area contributed by atoms with Gasteiger partial charge >= 0.3 is 0 Å². The Morgan fingerprint density at radius 2 is 2.00 bits per heavy atom. The molecule has 8 nitrogen and oxygen atoms in total. The molecule has 152 valence electrons. The summed E-state index contributed by atoms with van der Waals surface area (Å²) in [6, 6.07) is 12.2. The van der Waals surface area contributed by atoms with Crippen molar-refractivity contribution in [1.29, 1.82) is 0 Å². The number of rotatable bonds is 4. The Hall–Kier alpha value is -2.79. The summed E-state index contributed by atoms with van der Waals surface area (Å²) in [5, 5.41) is 8.92. The van der Waals surface area contributed by atoms with Crippen molar-refractivity contribution >= 4 is 28.5 Å². The van der Waals surface area contributed by atoms with E-state index >= 15 is 0 Å². The van der Waals surface area contributed by atoms with Crippen LogP contribution in [0.1, 0.15) is 11.7 Å². The predicted molar refractivity (Wildman–Crippen MR) is 121 cm³/mol. The van der Waals surface area contributed by atoms with Gasteiger partial charge in [0.15, 0.2) is 5.82 Å². The lowest BCUT2D eigenvalue weighted by molar-refractivity contribution is 0.0919. The highest BCUT2D eigenvalue weighted by molar-refractivity contribution is 14.1. The van der Waals surface area contributed by atoms with Crippen molar-refractivity contribution in [3.63, 3.8) is 0 Å². The molecule has 0 spiro atoms. The molecule has 30 heavy (non-hydrogen) atoms. The molecule has 1 atom stereocenters. The molecule has 0 amide bonds. The third-order valence-electron chi connectivity index (χ3n) is 5.23. The topological polar surface area (TPSA) is 73.9 Å². The van der Waals surface area contributed by atoms with E-state index in [2.05, 4.69) is 72.1 Å². The van der Waals surface area contributed by atoms with Gasteiger partial charge in [0, 0.05) is 47.0 Å². The number of hydrogen-bond donors (Lipinski definition) is 0. The Bertz CT molecular complexity index is 1160. The van der Waals surface area contributed by atoms with Crippen LogP contribution in [0.4, 0.5) is 5.95 Å². The molecule has 0 aliphatic carbocycles. The maximum atomic E-state index is 5.80. The first-order chi connectivity index (χ1) is 14.7. The third-order valence-corrected chi connectivity index (χ3v) is 5.90. The van der Waals surface area contributed by atoms with Crippen LogP contribution in [-0.2, 0) is 11.8 Å². The van der Waals surface area contributed by atoms with Crippen LogP contribution in [0.15, 0.2) is 61.3 Å². The van der Waals surface area contributed by atoms with Gasteiger partial charge in [0.25, 0.3) is 0 Å². The number of halogens is 1. The molecule has 0 N–H and O–H groups in total. The van der Waals surface area contributed by atoms with E-state index in [0.717, 1.165) is 35.3 Å². The van der Waals surface area contributed by atoms with E-state index in [4.69, 9.17) is 4.74 Å². The number of anilines is 1. The number of benzene rings is 1. The monoisotopic (exact) mass is 513 g/mol. The van der Waals surface area contributed by atoms with E-state index in [0.29, 0.717) is 13.2 Å². The zero-order valence-electron chi connectivity index (χ0n) is 16.4. The largest absolute Gasteiger partial charge is 0.377 e. The first kappa shape index (κ1) is 19.2. The molecule has 4 aromatic rings. The van der Waals surface area contributed by atoms with E-state index in [1.807, 2.05) is 40.7 Å². The van der Waals surface area contributed by atoms with Gasteiger partial charge in [0.2, 0.25) is 5.95 Å². The summed E-state index contributed by atoms with van der Waals surface area (Å²) in [6.07, 6.45) is 7.45. The van der Waals surface area contributed by atoms with Gasteiger partial charge in [-0.2, -0.15) is 0 Å². The minimum absolute atomic E-state index is 0.0315. The lowest BCUT2D eigenvalue weighted by Crippen LogP contribution is -2.41. The van der Waals surface area contributed by atoms with Gasteiger partial charge in [0.1, 0.15) is 0 Å². The van der Waals surface area contributed by atoms with Crippen molar-refractivity contribution in [2.75, 3.05) is 24.7 Å². The van der Waals surface area contributed by atoms with Gasteiger partial charge in [0.05, 0.1) is 31.3 Å². The maximum Gasteiger partial charge on any atom is 0.227 e. The third kappa shape index (κ3) is 3.58. The van der Waals surface area contributed by atoms with Gasteiger partial charge in [-0.1, -0.05) is 6.07 Å². The van der Waals surface area contributed by atoms with E-state index in [9.17, 15) is 0 Å². The standard InChI is InChI=1S/C21H20IN7O/c1-27-20(15-5-7-23-8-6-15)25-26-21(27)29-9-10-30-13-19(29)18-12-28(14-24-18)17-4-2-3-16(22)11-17/h2-8,11-12,14,19H,9-10,13H2,1H3. The number of aromatic nitrogens is 6. The number of nitrogens with zero attached hydrogens (tertiary/aromatic N) is 7. The van der Waals surface area contributed by atoms with E-state index in [1.54, 1.807) is 12.4 Å². The van der Waals surface area contributed by atoms with Crippen molar-refractivity contribution in [2.45, 2.75) is 6.04 Å². The Morgan fingerprint density at radius 3 is 2.83 bits per heavy atom. The number of morpholine rings is 1. The molecule has 0 bridgehead atoms. The highest BCUT2D eigenvalue weighted by Crippen LogP contribution is 2.30.